The third kappa shape index (κ3) is 4.40. The second-order valence-corrected chi connectivity index (χ2v) is 7.98. The van der Waals surface area contributed by atoms with Crippen molar-refractivity contribution in [3.8, 4) is 11.5 Å². The molecule has 0 saturated heterocycles. The number of rotatable bonds is 7. The zero-order valence-electron chi connectivity index (χ0n) is 18.5. The summed E-state index contributed by atoms with van der Waals surface area (Å²) in [6, 6.07) is 21.4. The van der Waals surface area contributed by atoms with E-state index in [0.29, 0.717) is 22.7 Å². The van der Waals surface area contributed by atoms with Crippen LogP contribution in [0.4, 0.5) is 5.69 Å². The van der Waals surface area contributed by atoms with Crippen LogP contribution in [0.3, 0.4) is 0 Å². The first-order chi connectivity index (χ1) is 16.6. The highest BCUT2D eigenvalue weighted by Gasteiger charge is 2.27. The lowest BCUT2D eigenvalue weighted by Crippen LogP contribution is -2.46. The minimum atomic E-state index is -0.743. The molecule has 4 aromatic rings. The van der Waals surface area contributed by atoms with Crippen molar-refractivity contribution >= 4 is 28.5 Å². The van der Waals surface area contributed by atoms with Gasteiger partial charge in [0.05, 0.1) is 5.52 Å². The van der Waals surface area contributed by atoms with Crippen molar-refractivity contribution in [1.82, 2.24) is 19.9 Å². The highest BCUT2D eigenvalue weighted by atomic mass is 16.7. The van der Waals surface area contributed by atoms with Crippen molar-refractivity contribution in [2.75, 3.05) is 12.1 Å². The van der Waals surface area contributed by atoms with Crippen LogP contribution in [-0.4, -0.2) is 44.5 Å². The second kappa shape index (κ2) is 9.22. The number of benzene rings is 3. The number of aromatic nitrogens is 3. The van der Waals surface area contributed by atoms with Gasteiger partial charge >= 0.3 is 0 Å². The van der Waals surface area contributed by atoms with E-state index in [2.05, 4.69) is 15.6 Å². The Kier molecular flexibility index (Phi) is 5.82. The van der Waals surface area contributed by atoms with Crippen LogP contribution >= 0.6 is 0 Å². The number of para-hydroxylation sites is 1. The summed E-state index contributed by atoms with van der Waals surface area (Å²) in [5.74, 6) is 0.646. The second-order valence-electron chi connectivity index (χ2n) is 7.98. The third-order valence-corrected chi connectivity index (χ3v) is 5.71. The molecule has 0 saturated carbocycles. The lowest BCUT2D eigenvalue weighted by molar-refractivity contribution is -0.139. The van der Waals surface area contributed by atoms with Gasteiger partial charge in [-0.05, 0) is 36.8 Å². The smallest absolute Gasteiger partial charge is 0.246 e. The molecule has 1 aromatic heterocycles. The van der Waals surface area contributed by atoms with Gasteiger partial charge in [-0.2, -0.15) is 0 Å². The molecule has 1 N–H and O–H groups in total. The molecule has 2 heterocycles. The van der Waals surface area contributed by atoms with Crippen LogP contribution in [0.25, 0.3) is 11.0 Å². The summed E-state index contributed by atoms with van der Waals surface area (Å²) in [5.41, 5.74) is 2.95. The van der Waals surface area contributed by atoms with E-state index in [1.165, 1.54) is 0 Å². The van der Waals surface area contributed by atoms with Gasteiger partial charge < -0.3 is 19.7 Å². The number of nitrogens with one attached hydrogen (secondary N) is 1. The first kappa shape index (κ1) is 21.4. The van der Waals surface area contributed by atoms with Gasteiger partial charge in [0.1, 0.15) is 18.1 Å². The SMILES string of the molecule is CC(C(=O)Nc1ccc2c(c1)OCO2)N(Cc1ccccc1)C(=O)Cn1nnc2ccccc21. The van der Waals surface area contributed by atoms with Crippen LogP contribution in [-0.2, 0) is 22.7 Å². The van der Waals surface area contributed by atoms with Gasteiger partial charge in [-0.3, -0.25) is 9.59 Å². The number of fused-ring (bicyclic) bond motifs is 2. The van der Waals surface area contributed by atoms with E-state index < -0.39 is 6.04 Å². The molecule has 3 aromatic carbocycles. The Morgan fingerprint density at radius 3 is 2.65 bits per heavy atom. The van der Waals surface area contributed by atoms with Crippen LogP contribution in [0.15, 0.2) is 72.8 Å². The Morgan fingerprint density at radius 2 is 1.79 bits per heavy atom. The Balaban J connectivity index is 1.37. The average Bonchev–Trinajstić information content (AvgIpc) is 3.49. The molecular formula is C25H23N5O4. The number of carbonyl (C=O) groups is 2. The number of hydrogen-bond donors (Lipinski definition) is 1. The number of carbonyl (C=O) groups excluding carboxylic acids is 2. The molecule has 0 bridgehead atoms. The summed E-state index contributed by atoms with van der Waals surface area (Å²) in [5, 5.41) is 11.1. The molecule has 9 nitrogen and oxygen atoms in total. The average molecular weight is 457 g/mol. The highest BCUT2D eigenvalue weighted by Crippen LogP contribution is 2.34. The fourth-order valence-electron chi connectivity index (χ4n) is 3.84. The van der Waals surface area contributed by atoms with Gasteiger partial charge in [0, 0.05) is 18.3 Å². The molecule has 34 heavy (non-hydrogen) atoms. The molecule has 2 amide bonds. The molecule has 0 fully saturated rings. The summed E-state index contributed by atoms with van der Waals surface area (Å²) in [6.45, 7) is 2.11. The highest BCUT2D eigenvalue weighted by molar-refractivity contribution is 5.97. The monoisotopic (exact) mass is 457 g/mol. The van der Waals surface area contributed by atoms with Gasteiger partial charge in [-0.1, -0.05) is 47.7 Å². The van der Waals surface area contributed by atoms with Gasteiger partial charge in [-0.25, -0.2) is 4.68 Å². The van der Waals surface area contributed by atoms with E-state index in [1.807, 2.05) is 54.6 Å². The zero-order chi connectivity index (χ0) is 23.5. The minimum Gasteiger partial charge on any atom is -0.454 e. The predicted octanol–water partition coefficient (Wildman–Crippen LogP) is 3.22. The summed E-state index contributed by atoms with van der Waals surface area (Å²) in [4.78, 5) is 28.1. The van der Waals surface area contributed by atoms with E-state index in [9.17, 15) is 9.59 Å². The number of hydrogen-bond acceptors (Lipinski definition) is 6. The van der Waals surface area contributed by atoms with Crippen molar-refractivity contribution in [1.29, 1.82) is 0 Å². The van der Waals surface area contributed by atoms with Crippen LogP contribution in [0.1, 0.15) is 12.5 Å². The minimum absolute atomic E-state index is 0.0327. The molecule has 0 radical (unpaired) electrons. The van der Waals surface area contributed by atoms with Gasteiger partial charge in [0.25, 0.3) is 0 Å². The predicted molar refractivity (Wildman–Crippen MR) is 125 cm³/mol. The van der Waals surface area contributed by atoms with E-state index in [4.69, 9.17) is 9.47 Å². The molecule has 172 valence electrons. The summed E-state index contributed by atoms with van der Waals surface area (Å²) in [7, 11) is 0. The van der Waals surface area contributed by atoms with Crippen LogP contribution in [0.2, 0.25) is 0 Å². The molecule has 1 aliphatic heterocycles. The van der Waals surface area contributed by atoms with Crippen molar-refractivity contribution < 1.29 is 19.1 Å². The zero-order valence-corrected chi connectivity index (χ0v) is 18.5. The van der Waals surface area contributed by atoms with E-state index in [0.717, 1.165) is 11.1 Å². The summed E-state index contributed by atoms with van der Waals surface area (Å²) >= 11 is 0. The molecule has 1 atom stereocenters. The molecule has 0 aliphatic carbocycles. The first-order valence-corrected chi connectivity index (χ1v) is 10.9. The Hall–Kier alpha value is -4.40. The van der Waals surface area contributed by atoms with Gasteiger partial charge in [0.15, 0.2) is 11.5 Å². The number of nitrogens with zero attached hydrogens (tertiary/aromatic N) is 4. The van der Waals surface area contributed by atoms with E-state index >= 15 is 0 Å². The number of amides is 2. The lowest BCUT2D eigenvalue weighted by Gasteiger charge is -2.28. The van der Waals surface area contributed by atoms with Crippen molar-refractivity contribution in [2.45, 2.75) is 26.1 Å². The maximum atomic E-state index is 13.4. The fraction of sp³-hybridized carbons (Fsp3) is 0.200. The van der Waals surface area contributed by atoms with E-state index in [-0.39, 0.29) is 31.7 Å². The summed E-state index contributed by atoms with van der Waals surface area (Å²) in [6.07, 6.45) is 0. The van der Waals surface area contributed by atoms with E-state index in [1.54, 1.807) is 34.7 Å². The number of ether oxygens (including phenoxy) is 2. The van der Waals surface area contributed by atoms with Gasteiger partial charge in [-0.15, -0.1) is 5.10 Å². The van der Waals surface area contributed by atoms with Crippen molar-refractivity contribution in [2.24, 2.45) is 0 Å². The molecule has 1 unspecified atom stereocenters. The van der Waals surface area contributed by atoms with Crippen LogP contribution in [0.5, 0.6) is 11.5 Å². The Bertz CT molecular complexity index is 1340. The van der Waals surface area contributed by atoms with Crippen molar-refractivity contribution in [3.63, 3.8) is 0 Å². The van der Waals surface area contributed by atoms with Crippen molar-refractivity contribution in [3.05, 3.63) is 78.4 Å². The maximum absolute atomic E-state index is 13.4. The quantitative estimate of drug-likeness (QED) is 0.458. The first-order valence-electron chi connectivity index (χ1n) is 10.9. The topological polar surface area (TPSA) is 98.6 Å². The summed E-state index contributed by atoms with van der Waals surface area (Å²) < 4.78 is 12.3. The fourth-order valence-corrected chi connectivity index (χ4v) is 3.84. The Morgan fingerprint density at radius 1 is 1.03 bits per heavy atom. The third-order valence-electron chi connectivity index (χ3n) is 5.71. The molecule has 5 rings (SSSR count). The standard InChI is InChI=1S/C25H23N5O4/c1-17(25(32)26-19-11-12-22-23(13-19)34-16-33-22)29(14-18-7-3-2-4-8-18)24(31)15-30-21-10-6-5-9-20(21)27-28-30/h2-13,17H,14-16H2,1H3,(H,26,32). The largest absolute Gasteiger partial charge is 0.454 e. The molecular weight excluding hydrogens is 434 g/mol. The molecule has 0 spiro atoms. The normalized spacial score (nSPS) is 13.0. The lowest BCUT2D eigenvalue weighted by atomic mass is 10.1. The van der Waals surface area contributed by atoms with Crippen LogP contribution in [0, 0.1) is 0 Å². The molecule has 9 heteroatoms. The number of anilines is 1. The maximum Gasteiger partial charge on any atom is 0.246 e. The molecule has 1 aliphatic rings. The van der Waals surface area contributed by atoms with Crippen LogP contribution < -0.4 is 14.8 Å². The van der Waals surface area contributed by atoms with Gasteiger partial charge in [0.2, 0.25) is 18.6 Å². The Labute approximate surface area is 195 Å².